The van der Waals surface area contributed by atoms with Crippen LogP contribution in [0.2, 0.25) is 0 Å². The minimum absolute atomic E-state index is 0.258. The smallest absolute Gasteiger partial charge is 0.0991 e. The summed E-state index contributed by atoms with van der Waals surface area (Å²) in [7, 11) is 0. The molecule has 5 rings (SSSR count). The van der Waals surface area contributed by atoms with Crippen molar-refractivity contribution in [2.24, 2.45) is 0 Å². The summed E-state index contributed by atoms with van der Waals surface area (Å²) in [6.45, 7) is 0. The molecule has 0 amide bonds. The van der Waals surface area contributed by atoms with Crippen molar-refractivity contribution in [3.05, 3.63) is 94.7 Å². The van der Waals surface area contributed by atoms with Crippen molar-refractivity contribution in [3.63, 3.8) is 0 Å². The molecule has 0 fully saturated rings. The predicted octanol–water partition coefficient (Wildman–Crippen LogP) is 6.09. The maximum Gasteiger partial charge on any atom is 0.0991 e. The van der Waals surface area contributed by atoms with E-state index in [9.17, 15) is 5.26 Å². The van der Waals surface area contributed by atoms with E-state index >= 15 is 0 Å². The molecule has 4 aromatic rings. The molecular formula is C26H22N4. The number of rotatable bonds is 4. The van der Waals surface area contributed by atoms with Gasteiger partial charge in [0.2, 0.25) is 0 Å². The van der Waals surface area contributed by atoms with Crippen molar-refractivity contribution in [2.75, 3.05) is 5.32 Å². The van der Waals surface area contributed by atoms with E-state index in [0.29, 0.717) is 0 Å². The molecule has 1 heterocycles. The van der Waals surface area contributed by atoms with Crippen molar-refractivity contribution in [1.82, 2.24) is 10.2 Å². The summed E-state index contributed by atoms with van der Waals surface area (Å²) in [5.41, 5.74) is 7.52. The Bertz CT molecular complexity index is 1260. The average molecular weight is 390 g/mol. The lowest BCUT2D eigenvalue weighted by Gasteiger charge is -2.27. The molecule has 1 unspecified atom stereocenters. The van der Waals surface area contributed by atoms with Crippen LogP contribution in [0.15, 0.2) is 66.7 Å². The highest BCUT2D eigenvalue weighted by Gasteiger charge is 2.20. The van der Waals surface area contributed by atoms with Gasteiger partial charge < -0.3 is 5.32 Å². The highest BCUT2D eigenvalue weighted by atomic mass is 15.1. The lowest BCUT2D eigenvalue weighted by Crippen LogP contribution is -2.17. The van der Waals surface area contributed by atoms with Crippen LogP contribution in [0.1, 0.15) is 46.8 Å². The van der Waals surface area contributed by atoms with Crippen LogP contribution < -0.4 is 5.32 Å². The minimum atomic E-state index is 0.258. The number of benzene rings is 3. The van der Waals surface area contributed by atoms with E-state index in [1.54, 1.807) is 0 Å². The number of nitriles is 1. The first-order valence-corrected chi connectivity index (χ1v) is 10.3. The molecule has 146 valence electrons. The summed E-state index contributed by atoms with van der Waals surface area (Å²) in [5.74, 6) is 0. The highest BCUT2D eigenvalue weighted by molar-refractivity contribution is 5.91. The van der Waals surface area contributed by atoms with Gasteiger partial charge in [-0.2, -0.15) is 10.4 Å². The van der Waals surface area contributed by atoms with Crippen LogP contribution in [0.3, 0.4) is 0 Å². The second-order valence-electron chi connectivity index (χ2n) is 7.73. The molecule has 0 spiro atoms. The van der Waals surface area contributed by atoms with E-state index < -0.39 is 0 Å². The number of aryl methyl sites for hydroxylation is 1. The van der Waals surface area contributed by atoms with Crippen LogP contribution in [0.5, 0.6) is 0 Å². The molecule has 3 aromatic carbocycles. The van der Waals surface area contributed by atoms with Crippen molar-refractivity contribution >= 4 is 28.7 Å². The number of aromatic amines is 1. The zero-order valence-electron chi connectivity index (χ0n) is 16.6. The summed E-state index contributed by atoms with van der Waals surface area (Å²) in [5, 5.41) is 21.6. The second-order valence-corrected chi connectivity index (χ2v) is 7.73. The van der Waals surface area contributed by atoms with Gasteiger partial charge in [0.25, 0.3) is 0 Å². The molecule has 4 heteroatoms. The van der Waals surface area contributed by atoms with Crippen molar-refractivity contribution in [1.29, 1.82) is 5.26 Å². The van der Waals surface area contributed by atoms with E-state index in [0.717, 1.165) is 52.7 Å². The predicted molar refractivity (Wildman–Crippen MR) is 122 cm³/mol. The Morgan fingerprint density at radius 1 is 1.03 bits per heavy atom. The molecule has 1 aliphatic carbocycles. The summed E-state index contributed by atoms with van der Waals surface area (Å²) in [6.07, 6.45) is 7.39. The number of hydrogen-bond acceptors (Lipinski definition) is 3. The van der Waals surface area contributed by atoms with Crippen LogP contribution in [0.25, 0.3) is 23.1 Å². The quantitative estimate of drug-likeness (QED) is 0.443. The minimum Gasteiger partial charge on any atom is -0.378 e. The van der Waals surface area contributed by atoms with E-state index in [1.165, 1.54) is 11.1 Å². The van der Waals surface area contributed by atoms with Gasteiger partial charge in [-0.25, -0.2) is 0 Å². The average Bonchev–Trinajstić information content (AvgIpc) is 3.20. The molecular weight excluding hydrogens is 368 g/mol. The topological polar surface area (TPSA) is 64.5 Å². The fraction of sp³-hybridized carbons (Fsp3) is 0.154. The molecule has 1 aliphatic rings. The van der Waals surface area contributed by atoms with E-state index in [1.807, 2.05) is 30.3 Å². The Morgan fingerprint density at radius 2 is 1.93 bits per heavy atom. The number of aromatic nitrogens is 2. The van der Waals surface area contributed by atoms with Crippen LogP contribution in [0.4, 0.5) is 5.69 Å². The van der Waals surface area contributed by atoms with Crippen LogP contribution >= 0.6 is 0 Å². The lowest BCUT2D eigenvalue weighted by atomic mass is 9.86. The number of hydrogen-bond donors (Lipinski definition) is 2. The van der Waals surface area contributed by atoms with Gasteiger partial charge in [0.05, 0.1) is 28.9 Å². The molecule has 0 bridgehead atoms. The van der Waals surface area contributed by atoms with Gasteiger partial charge in [-0.1, -0.05) is 42.5 Å². The Balaban J connectivity index is 1.43. The molecule has 4 nitrogen and oxygen atoms in total. The largest absolute Gasteiger partial charge is 0.378 e. The van der Waals surface area contributed by atoms with E-state index in [2.05, 4.69) is 70.1 Å². The number of fused-ring (bicyclic) bond motifs is 2. The van der Waals surface area contributed by atoms with Crippen LogP contribution in [-0.4, -0.2) is 10.2 Å². The summed E-state index contributed by atoms with van der Waals surface area (Å²) >= 11 is 0. The highest BCUT2D eigenvalue weighted by Crippen LogP contribution is 2.34. The molecule has 30 heavy (non-hydrogen) atoms. The lowest BCUT2D eigenvalue weighted by molar-refractivity contribution is 0.600. The van der Waals surface area contributed by atoms with Gasteiger partial charge in [0.1, 0.15) is 0 Å². The number of H-pyrrole nitrogens is 1. The normalized spacial score (nSPS) is 15.8. The second kappa shape index (κ2) is 7.88. The summed E-state index contributed by atoms with van der Waals surface area (Å²) in [4.78, 5) is 0. The zero-order chi connectivity index (χ0) is 20.3. The SMILES string of the molecule is N#Cc1ccc2c(c1)CCCC2Nc1ccc2[nH]nc(C=Cc3ccccc3)c2c1. The van der Waals surface area contributed by atoms with Gasteiger partial charge in [-0.05, 0) is 72.4 Å². The zero-order valence-corrected chi connectivity index (χ0v) is 16.6. The van der Waals surface area contributed by atoms with Crippen molar-refractivity contribution in [2.45, 2.75) is 25.3 Å². The third-order valence-corrected chi connectivity index (χ3v) is 5.75. The fourth-order valence-corrected chi connectivity index (χ4v) is 4.23. The first kappa shape index (κ1) is 18.2. The molecule has 0 radical (unpaired) electrons. The number of nitrogens with zero attached hydrogens (tertiary/aromatic N) is 2. The van der Waals surface area contributed by atoms with Crippen molar-refractivity contribution < 1.29 is 0 Å². The number of anilines is 1. The van der Waals surface area contributed by atoms with Gasteiger partial charge in [-0.15, -0.1) is 0 Å². The first-order valence-electron chi connectivity index (χ1n) is 10.3. The Hall–Kier alpha value is -3.84. The molecule has 0 saturated heterocycles. The van der Waals surface area contributed by atoms with E-state index in [4.69, 9.17) is 0 Å². The number of nitrogens with one attached hydrogen (secondary N) is 2. The van der Waals surface area contributed by atoms with Crippen LogP contribution in [-0.2, 0) is 6.42 Å². The standard InChI is InChI=1S/C26H22N4/c27-17-19-9-12-22-20(15-19)7-4-8-24(22)28-21-11-14-26-23(16-21)25(29-30-26)13-10-18-5-2-1-3-6-18/h1-3,5-6,9-16,24,28H,4,7-8H2,(H,29,30). The third kappa shape index (κ3) is 3.58. The maximum absolute atomic E-state index is 9.18. The van der Waals surface area contributed by atoms with E-state index in [-0.39, 0.29) is 6.04 Å². The Morgan fingerprint density at radius 3 is 2.80 bits per heavy atom. The molecule has 1 aromatic heterocycles. The Kier molecular flexibility index (Phi) is 4.78. The third-order valence-electron chi connectivity index (χ3n) is 5.75. The fourth-order valence-electron chi connectivity index (χ4n) is 4.23. The van der Waals surface area contributed by atoms with Gasteiger partial charge in [0.15, 0.2) is 0 Å². The molecule has 0 saturated carbocycles. The first-order chi connectivity index (χ1) is 14.8. The van der Waals surface area contributed by atoms with Gasteiger partial charge >= 0.3 is 0 Å². The Labute approximate surface area is 175 Å². The van der Waals surface area contributed by atoms with Crippen molar-refractivity contribution in [3.8, 4) is 6.07 Å². The monoisotopic (exact) mass is 390 g/mol. The van der Waals surface area contributed by atoms with Crippen LogP contribution in [0, 0.1) is 11.3 Å². The molecule has 1 atom stereocenters. The molecule has 2 N–H and O–H groups in total. The maximum atomic E-state index is 9.18. The summed E-state index contributed by atoms with van der Waals surface area (Å²) in [6, 6.07) is 25.2. The van der Waals surface area contributed by atoms with Gasteiger partial charge in [0, 0.05) is 11.1 Å². The molecule has 0 aliphatic heterocycles. The summed E-state index contributed by atoms with van der Waals surface area (Å²) < 4.78 is 0. The van der Waals surface area contributed by atoms with Gasteiger partial charge in [-0.3, -0.25) is 5.10 Å².